The number of thiazole rings is 1. The van der Waals surface area contributed by atoms with E-state index >= 15 is 0 Å². The van der Waals surface area contributed by atoms with Gasteiger partial charge in [-0.1, -0.05) is 46.8 Å². The highest BCUT2D eigenvalue weighted by Crippen LogP contribution is 2.50. The van der Waals surface area contributed by atoms with E-state index in [0.717, 1.165) is 28.7 Å². The van der Waals surface area contributed by atoms with Crippen LogP contribution in [-0.4, -0.2) is 34.2 Å². The van der Waals surface area contributed by atoms with Crippen LogP contribution in [0.2, 0.25) is 5.02 Å². The lowest BCUT2D eigenvalue weighted by Gasteiger charge is -2.34. The molecule has 1 aliphatic rings. The first-order valence-electron chi connectivity index (χ1n) is 8.95. The Labute approximate surface area is 184 Å². The number of Topliss-reactive ketones (excluding diaryl/α,β-unsaturated/α-hetero) is 1. The fourth-order valence-electron chi connectivity index (χ4n) is 3.63. The third-order valence-electron chi connectivity index (χ3n) is 5.00. The van der Waals surface area contributed by atoms with E-state index in [4.69, 9.17) is 16.3 Å². The molecule has 2 N–H and O–H groups in total. The number of aromatic amines is 1. The second-order valence-corrected chi connectivity index (χ2v) is 9.34. The Kier molecular flexibility index (Phi) is 5.73. The van der Waals surface area contributed by atoms with Crippen molar-refractivity contribution in [2.45, 2.75) is 16.2 Å². The summed E-state index contributed by atoms with van der Waals surface area (Å²) in [7, 11) is 1.55. The number of hydrogen-bond donors (Lipinski definition) is 2. The minimum Gasteiger partial charge on any atom is -0.497 e. The first-order valence-corrected chi connectivity index (χ1v) is 11.0. The van der Waals surface area contributed by atoms with Gasteiger partial charge in [-0.15, -0.1) is 0 Å². The van der Waals surface area contributed by atoms with E-state index in [2.05, 4.69) is 4.98 Å². The Morgan fingerprint density at radius 1 is 1.10 bits per heavy atom. The summed E-state index contributed by atoms with van der Waals surface area (Å²) in [6, 6.07) is 13.5. The van der Waals surface area contributed by atoms with Crippen LogP contribution in [0.25, 0.3) is 0 Å². The van der Waals surface area contributed by atoms with E-state index < -0.39 is 23.1 Å². The quantitative estimate of drug-likeness (QED) is 0.550. The number of carbonyl (C=O) groups excluding carboxylic acids is 1. The normalized spacial score (nSPS) is 20.4. The van der Waals surface area contributed by atoms with Crippen LogP contribution in [0, 0.1) is 5.92 Å². The molecule has 30 heavy (non-hydrogen) atoms. The minimum atomic E-state index is -1.11. The first kappa shape index (κ1) is 20.7. The third-order valence-corrected chi connectivity index (χ3v) is 7.66. The van der Waals surface area contributed by atoms with E-state index in [1.807, 2.05) is 0 Å². The van der Waals surface area contributed by atoms with E-state index in [-0.39, 0.29) is 10.7 Å². The molecule has 2 aromatic carbocycles. The molecule has 154 valence electrons. The van der Waals surface area contributed by atoms with Crippen molar-refractivity contribution in [2.24, 2.45) is 5.92 Å². The summed E-state index contributed by atoms with van der Waals surface area (Å²) in [5, 5.41) is 9.85. The zero-order valence-corrected chi connectivity index (χ0v) is 18.0. The maximum Gasteiger partial charge on any atom is 0.317 e. The van der Waals surface area contributed by atoms with Crippen LogP contribution in [-0.2, 0) is 4.79 Å². The van der Waals surface area contributed by atoms with Gasteiger partial charge in [-0.05, 0) is 42.0 Å². The van der Waals surface area contributed by atoms with E-state index in [1.165, 1.54) is 0 Å². The molecule has 0 saturated heterocycles. The van der Waals surface area contributed by atoms with Crippen LogP contribution in [0.3, 0.4) is 0 Å². The number of thioether (sulfide) groups is 1. The summed E-state index contributed by atoms with van der Waals surface area (Å²) in [6.45, 7) is 0. The van der Waals surface area contributed by atoms with Crippen molar-refractivity contribution in [3.8, 4) is 5.75 Å². The molecule has 0 fully saturated rings. The number of fused-ring (bicyclic) bond motifs is 1. The molecule has 0 saturated carbocycles. The molecule has 0 radical (unpaired) electrons. The Bertz CT molecular complexity index is 1150. The molecule has 2 heterocycles. The topological polar surface area (TPSA) is 96.5 Å². The SMILES string of the molecule is COc1ccc([C@@H]2c3sc(=O)[nH]c3S[C@H](C(=O)O)[C@@H]2C(=O)c2ccc(Cl)cc2)cc1. The Morgan fingerprint density at radius 3 is 2.37 bits per heavy atom. The molecule has 0 bridgehead atoms. The molecule has 0 amide bonds. The predicted molar refractivity (Wildman–Crippen MR) is 116 cm³/mol. The summed E-state index contributed by atoms with van der Waals surface area (Å²) in [5.41, 5.74) is 1.12. The number of nitrogens with one attached hydrogen (secondary N) is 1. The zero-order valence-electron chi connectivity index (χ0n) is 15.6. The van der Waals surface area contributed by atoms with Gasteiger partial charge >= 0.3 is 10.8 Å². The molecular weight excluding hydrogens is 446 g/mol. The van der Waals surface area contributed by atoms with Gasteiger partial charge < -0.3 is 14.8 Å². The molecule has 0 unspecified atom stereocenters. The molecular formula is C21H16ClNO5S2. The van der Waals surface area contributed by atoms with Crippen molar-refractivity contribution >= 4 is 46.5 Å². The summed E-state index contributed by atoms with van der Waals surface area (Å²) in [5.74, 6) is -2.26. The molecule has 3 atom stereocenters. The number of aromatic nitrogens is 1. The van der Waals surface area contributed by atoms with Crippen LogP contribution in [0.15, 0.2) is 58.4 Å². The maximum absolute atomic E-state index is 13.5. The number of methoxy groups -OCH3 is 1. The van der Waals surface area contributed by atoms with Gasteiger partial charge in [0.1, 0.15) is 11.0 Å². The number of rotatable bonds is 5. The van der Waals surface area contributed by atoms with Gasteiger partial charge in [0.15, 0.2) is 5.78 Å². The van der Waals surface area contributed by atoms with E-state index in [0.29, 0.717) is 26.2 Å². The number of carboxylic acids is 1. The van der Waals surface area contributed by atoms with Crippen LogP contribution in [0.5, 0.6) is 5.75 Å². The number of ether oxygens (including phenoxy) is 1. The maximum atomic E-state index is 13.5. The van der Waals surface area contributed by atoms with Gasteiger partial charge in [0.05, 0.1) is 18.1 Å². The number of H-pyrrole nitrogens is 1. The largest absolute Gasteiger partial charge is 0.497 e. The molecule has 0 aliphatic carbocycles. The van der Waals surface area contributed by atoms with Crippen molar-refractivity contribution in [3.05, 3.63) is 79.2 Å². The highest BCUT2D eigenvalue weighted by Gasteiger charge is 2.47. The molecule has 1 aliphatic heterocycles. The lowest BCUT2D eigenvalue weighted by Crippen LogP contribution is -2.39. The van der Waals surface area contributed by atoms with E-state index in [1.54, 1.807) is 55.6 Å². The smallest absolute Gasteiger partial charge is 0.317 e. The van der Waals surface area contributed by atoms with Crippen LogP contribution >= 0.6 is 34.7 Å². The van der Waals surface area contributed by atoms with Crippen LogP contribution in [0.1, 0.15) is 26.7 Å². The third kappa shape index (κ3) is 3.78. The van der Waals surface area contributed by atoms with Gasteiger partial charge in [0, 0.05) is 21.4 Å². The number of benzene rings is 2. The number of aliphatic carboxylic acids is 1. The van der Waals surface area contributed by atoms with Gasteiger partial charge in [-0.2, -0.15) is 0 Å². The number of ketones is 1. The second kappa shape index (κ2) is 8.29. The average molecular weight is 462 g/mol. The van der Waals surface area contributed by atoms with Crippen molar-refractivity contribution < 1.29 is 19.4 Å². The summed E-state index contributed by atoms with van der Waals surface area (Å²) < 4.78 is 5.21. The Hall–Kier alpha value is -2.55. The molecule has 1 aromatic heterocycles. The van der Waals surface area contributed by atoms with Gasteiger partial charge in [0.2, 0.25) is 0 Å². The molecule has 3 aromatic rings. The summed E-state index contributed by atoms with van der Waals surface area (Å²) in [4.78, 5) is 40.8. The highest BCUT2D eigenvalue weighted by molar-refractivity contribution is 8.00. The molecule has 6 nitrogen and oxygen atoms in total. The summed E-state index contributed by atoms with van der Waals surface area (Å²) >= 11 is 7.96. The Balaban J connectivity index is 1.89. The number of hydrogen-bond acceptors (Lipinski definition) is 6. The highest BCUT2D eigenvalue weighted by atomic mass is 35.5. The van der Waals surface area contributed by atoms with Crippen LogP contribution in [0.4, 0.5) is 0 Å². The van der Waals surface area contributed by atoms with Crippen LogP contribution < -0.4 is 9.61 Å². The standard InChI is InChI=1S/C21H16ClNO5S2/c1-28-13-8-4-10(5-9-13)14-15(16(24)11-2-6-12(22)7-3-11)18(20(25)26)29-19-17(14)30-21(27)23-19/h2-9,14-15,18H,1H3,(H,23,27)(H,25,26)/t14-,15-,18-/m0/s1. The fraction of sp³-hybridized carbons (Fsp3) is 0.190. The van der Waals surface area contributed by atoms with Crippen molar-refractivity contribution in [1.82, 2.24) is 4.98 Å². The summed E-state index contributed by atoms with van der Waals surface area (Å²) in [6.07, 6.45) is 0. The average Bonchev–Trinajstić information content (AvgIpc) is 3.12. The van der Waals surface area contributed by atoms with Gasteiger partial charge in [0.25, 0.3) is 0 Å². The first-order chi connectivity index (χ1) is 14.4. The molecule has 4 rings (SSSR count). The fourth-order valence-corrected chi connectivity index (χ4v) is 6.17. The van der Waals surface area contributed by atoms with Gasteiger partial charge in [-0.25, -0.2) is 0 Å². The van der Waals surface area contributed by atoms with Crippen molar-refractivity contribution in [1.29, 1.82) is 0 Å². The van der Waals surface area contributed by atoms with Crippen molar-refractivity contribution in [2.75, 3.05) is 7.11 Å². The predicted octanol–water partition coefficient (Wildman–Crippen LogP) is 4.29. The van der Waals surface area contributed by atoms with Crippen molar-refractivity contribution in [3.63, 3.8) is 0 Å². The minimum absolute atomic E-state index is 0.283. The molecule has 0 spiro atoms. The lowest BCUT2D eigenvalue weighted by molar-refractivity contribution is -0.137. The number of carboxylic acid groups (broad SMARTS) is 1. The number of halogens is 1. The zero-order chi connectivity index (χ0) is 21.4. The lowest BCUT2D eigenvalue weighted by atomic mass is 9.78. The van der Waals surface area contributed by atoms with E-state index in [9.17, 15) is 19.5 Å². The monoisotopic (exact) mass is 461 g/mol. The second-order valence-electron chi connectivity index (χ2n) is 6.73. The number of carbonyl (C=O) groups is 2. The Morgan fingerprint density at radius 2 is 1.77 bits per heavy atom. The molecule has 9 heteroatoms. The van der Waals surface area contributed by atoms with Gasteiger partial charge in [-0.3, -0.25) is 14.4 Å².